The number of nitrogens with zero attached hydrogens (tertiary/aromatic N) is 3. The maximum Gasteiger partial charge on any atom is 0.122 e. The fourth-order valence-corrected chi connectivity index (χ4v) is 2.09. The fourth-order valence-electron chi connectivity index (χ4n) is 2.09. The molecule has 128 valence electrons. The summed E-state index contributed by atoms with van der Waals surface area (Å²) in [6.07, 6.45) is 10.2. The van der Waals surface area contributed by atoms with E-state index in [0.717, 1.165) is 17.2 Å². The highest BCUT2D eigenvalue weighted by Crippen LogP contribution is 2.14. The molecule has 0 aliphatic rings. The first-order valence-corrected chi connectivity index (χ1v) is 7.98. The molecule has 0 N–H and O–H groups in total. The molecule has 3 aromatic heterocycles. The van der Waals surface area contributed by atoms with Crippen LogP contribution in [0.4, 0.5) is 0 Å². The van der Waals surface area contributed by atoms with E-state index >= 15 is 0 Å². The minimum atomic E-state index is 0.0505. The van der Waals surface area contributed by atoms with E-state index < -0.39 is 0 Å². The average Bonchev–Trinajstić information content (AvgIpc) is 2.70. The molecule has 0 spiro atoms. The molecule has 3 rings (SSSR count). The molecule has 0 radical (unpaired) electrons. The molecule has 0 atom stereocenters. The molecule has 0 bridgehead atoms. The molecule has 0 aliphatic heterocycles. The standard InChI is InChI=1S/C19H19N3O3/c1-7-20-8-2-17(1)23-13-16(14-24-18-3-9-21-10-4-18)15-25-19-5-11-22-12-6-19/h1-12,16H,13-15H2. The molecule has 0 aliphatic carbocycles. The van der Waals surface area contributed by atoms with Crippen LogP contribution in [0, 0.1) is 5.92 Å². The van der Waals surface area contributed by atoms with Gasteiger partial charge in [-0.15, -0.1) is 0 Å². The Morgan fingerprint density at radius 1 is 0.520 bits per heavy atom. The maximum absolute atomic E-state index is 5.82. The minimum Gasteiger partial charge on any atom is -0.493 e. The Morgan fingerprint density at radius 3 is 1.08 bits per heavy atom. The lowest BCUT2D eigenvalue weighted by Gasteiger charge is -2.19. The van der Waals surface area contributed by atoms with Gasteiger partial charge in [0.25, 0.3) is 0 Å². The Hall–Kier alpha value is -3.15. The van der Waals surface area contributed by atoms with Gasteiger partial charge in [-0.2, -0.15) is 0 Å². The second-order valence-corrected chi connectivity index (χ2v) is 5.35. The Bertz CT molecular complexity index is 623. The summed E-state index contributed by atoms with van der Waals surface area (Å²) in [4.78, 5) is 11.9. The SMILES string of the molecule is c1cc(OCC(COc2ccncc2)COc2ccncc2)ccn1. The fraction of sp³-hybridized carbons (Fsp3) is 0.211. The summed E-state index contributed by atoms with van der Waals surface area (Å²) in [6, 6.07) is 10.9. The lowest BCUT2D eigenvalue weighted by molar-refractivity contribution is 0.126. The normalized spacial score (nSPS) is 10.4. The zero-order chi connectivity index (χ0) is 17.2. The second-order valence-electron chi connectivity index (χ2n) is 5.35. The van der Waals surface area contributed by atoms with E-state index in [2.05, 4.69) is 15.0 Å². The summed E-state index contributed by atoms with van der Waals surface area (Å²) < 4.78 is 17.5. The lowest BCUT2D eigenvalue weighted by Crippen LogP contribution is -2.26. The minimum absolute atomic E-state index is 0.0505. The zero-order valence-corrected chi connectivity index (χ0v) is 13.7. The van der Waals surface area contributed by atoms with Crippen molar-refractivity contribution in [3.8, 4) is 17.2 Å². The molecular formula is C19H19N3O3. The highest BCUT2D eigenvalue weighted by molar-refractivity contribution is 5.18. The highest BCUT2D eigenvalue weighted by atomic mass is 16.5. The summed E-state index contributed by atoms with van der Waals surface area (Å²) in [6.45, 7) is 1.42. The van der Waals surface area contributed by atoms with Crippen LogP contribution >= 0.6 is 0 Å². The molecule has 0 fully saturated rings. The van der Waals surface area contributed by atoms with Gasteiger partial charge in [-0.05, 0) is 36.4 Å². The first-order chi connectivity index (χ1) is 12.4. The van der Waals surface area contributed by atoms with Crippen LogP contribution in [0.2, 0.25) is 0 Å². The molecule has 0 saturated heterocycles. The first-order valence-electron chi connectivity index (χ1n) is 7.98. The van der Waals surface area contributed by atoms with Crippen LogP contribution in [0.5, 0.6) is 17.2 Å². The predicted octanol–water partition coefficient (Wildman–Crippen LogP) is 3.02. The second kappa shape index (κ2) is 9.22. The van der Waals surface area contributed by atoms with Crippen LogP contribution in [0.25, 0.3) is 0 Å². The number of hydrogen-bond acceptors (Lipinski definition) is 6. The van der Waals surface area contributed by atoms with E-state index in [4.69, 9.17) is 14.2 Å². The van der Waals surface area contributed by atoms with Gasteiger partial charge in [0.2, 0.25) is 0 Å². The molecule has 3 heterocycles. The van der Waals surface area contributed by atoms with Crippen molar-refractivity contribution >= 4 is 0 Å². The van der Waals surface area contributed by atoms with Crippen LogP contribution in [-0.4, -0.2) is 34.8 Å². The Morgan fingerprint density at radius 2 is 0.800 bits per heavy atom. The topological polar surface area (TPSA) is 66.4 Å². The van der Waals surface area contributed by atoms with E-state index in [1.807, 2.05) is 36.4 Å². The molecular weight excluding hydrogens is 318 g/mol. The lowest BCUT2D eigenvalue weighted by atomic mass is 10.2. The highest BCUT2D eigenvalue weighted by Gasteiger charge is 2.13. The smallest absolute Gasteiger partial charge is 0.122 e. The third kappa shape index (κ3) is 5.76. The van der Waals surface area contributed by atoms with E-state index in [9.17, 15) is 0 Å². The van der Waals surface area contributed by atoms with Crippen LogP contribution in [0.15, 0.2) is 73.6 Å². The quantitative estimate of drug-likeness (QED) is 0.598. The van der Waals surface area contributed by atoms with Gasteiger partial charge in [-0.1, -0.05) is 0 Å². The van der Waals surface area contributed by atoms with Crippen LogP contribution in [0.3, 0.4) is 0 Å². The molecule has 0 saturated carbocycles. The summed E-state index contributed by atoms with van der Waals surface area (Å²) in [5.41, 5.74) is 0. The van der Waals surface area contributed by atoms with Crippen LogP contribution < -0.4 is 14.2 Å². The van der Waals surface area contributed by atoms with Crippen molar-refractivity contribution in [2.75, 3.05) is 19.8 Å². The van der Waals surface area contributed by atoms with Gasteiger partial charge in [0.1, 0.15) is 17.2 Å². The molecule has 6 nitrogen and oxygen atoms in total. The Kier molecular flexibility index (Phi) is 6.16. The Balaban J connectivity index is 1.56. The first kappa shape index (κ1) is 16.7. The third-order valence-corrected chi connectivity index (χ3v) is 3.41. The summed E-state index contributed by atoms with van der Waals surface area (Å²) in [5.74, 6) is 2.36. The van der Waals surface area contributed by atoms with Gasteiger partial charge in [0.05, 0.1) is 25.7 Å². The molecule has 6 heteroatoms. The number of ether oxygens (including phenoxy) is 3. The molecule has 0 unspecified atom stereocenters. The number of rotatable bonds is 9. The van der Waals surface area contributed by atoms with Gasteiger partial charge < -0.3 is 14.2 Å². The van der Waals surface area contributed by atoms with Crippen molar-refractivity contribution in [1.82, 2.24) is 15.0 Å². The van der Waals surface area contributed by atoms with E-state index in [-0.39, 0.29) is 5.92 Å². The van der Waals surface area contributed by atoms with Crippen molar-refractivity contribution in [3.05, 3.63) is 73.6 Å². The van der Waals surface area contributed by atoms with Crippen LogP contribution in [0.1, 0.15) is 0 Å². The largest absolute Gasteiger partial charge is 0.493 e. The van der Waals surface area contributed by atoms with E-state index in [1.54, 1.807) is 37.2 Å². The van der Waals surface area contributed by atoms with Gasteiger partial charge in [-0.25, -0.2) is 0 Å². The number of hydrogen-bond donors (Lipinski definition) is 0. The van der Waals surface area contributed by atoms with Crippen LogP contribution in [-0.2, 0) is 0 Å². The van der Waals surface area contributed by atoms with Crippen molar-refractivity contribution < 1.29 is 14.2 Å². The summed E-state index contributed by atoms with van der Waals surface area (Å²) in [7, 11) is 0. The van der Waals surface area contributed by atoms with E-state index in [1.165, 1.54) is 0 Å². The molecule has 0 aromatic carbocycles. The summed E-state index contributed by atoms with van der Waals surface area (Å²) in [5, 5.41) is 0. The molecule has 3 aromatic rings. The van der Waals surface area contributed by atoms with Crippen molar-refractivity contribution in [2.45, 2.75) is 0 Å². The summed E-state index contributed by atoms with van der Waals surface area (Å²) >= 11 is 0. The number of aromatic nitrogens is 3. The van der Waals surface area contributed by atoms with Gasteiger partial charge in [0, 0.05) is 37.2 Å². The molecule has 0 amide bonds. The molecule has 25 heavy (non-hydrogen) atoms. The number of pyridine rings is 3. The maximum atomic E-state index is 5.82. The van der Waals surface area contributed by atoms with Crippen molar-refractivity contribution in [1.29, 1.82) is 0 Å². The van der Waals surface area contributed by atoms with Gasteiger partial charge in [-0.3, -0.25) is 15.0 Å². The van der Waals surface area contributed by atoms with Gasteiger partial charge >= 0.3 is 0 Å². The third-order valence-electron chi connectivity index (χ3n) is 3.41. The zero-order valence-electron chi connectivity index (χ0n) is 13.7. The van der Waals surface area contributed by atoms with Gasteiger partial charge in [0.15, 0.2) is 0 Å². The van der Waals surface area contributed by atoms with Crippen molar-refractivity contribution in [2.24, 2.45) is 5.92 Å². The predicted molar refractivity (Wildman–Crippen MR) is 92.7 cm³/mol. The Labute approximate surface area is 146 Å². The van der Waals surface area contributed by atoms with Crippen molar-refractivity contribution in [3.63, 3.8) is 0 Å². The van der Waals surface area contributed by atoms with E-state index in [0.29, 0.717) is 19.8 Å². The monoisotopic (exact) mass is 337 g/mol. The average molecular weight is 337 g/mol.